The Kier molecular flexibility index (Phi) is 1.81. The molecule has 0 amide bonds. The third kappa shape index (κ3) is 1.56. The molecule has 2 rings (SSSR count). The van der Waals surface area contributed by atoms with E-state index in [1.165, 1.54) is 0 Å². The summed E-state index contributed by atoms with van der Waals surface area (Å²) in [4.78, 5) is 15.5. The highest BCUT2D eigenvalue weighted by molar-refractivity contribution is 5.51. The first-order valence-corrected chi connectivity index (χ1v) is 4.06. The van der Waals surface area contributed by atoms with Crippen LogP contribution in [0.15, 0.2) is 18.6 Å². The second-order valence-corrected chi connectivity index (χ2v) is 2.93. The van der Waals surface area contributed by atoms with Crippen LogP contribution in [0.1, 0.15) is 11.5 Å². The van der Waals surface area contributed by atoms with E-state index in [0.29, 0.717) is 0 Å². The fourth-order valence-corrected chi connectivity index (χ4v) is 1.07. The molecule has 2 aromatic heterocycles. The maximum atomic E-state index is 4.18. The van der Waals surface area contributed by atoms with Crippen molar-refractivity contribution >= 4 is 0 Å². The first kappa shape index (κ1) is 7.91. The molecule has 0 radical (unpaired) electrons. The molecule has 0 fully saturated rings. The van der Waals surface area contributed by atoms with Crippen LogP contribution in [-0.4, -0.2) is 19.9 Å². The van der Waals surface area contributed by atoms with Crippen LogP contribution in [0, 0.1) is 13.8 Å². The maximum absolute atomic E-state index is 4.18. The van der Waals surface area contributed by atoms with E-state index in [4.69, 9.17) is 0 Å². The Hall–Kier alpha value is -1.71. The average Bonchev–Trinajstić information content (AvgIpc) is 2.53. The molecule has 2 heterocycles. The number of aromatic amines is 1. The molecule has 4 heteroatoms. The molecule has 13 heavy (non-hydrogen) atoms. The Morgan fingerprint density at radius 2 is 1.69 bits per heavy atom. The van der Waals surface area contributed by atoms with Crippen molar-refractivity contribution in [1.29, 1.82) is 0 Å². The minimum Gasteiger partial charge on any atom is -0.342 e. The van der Waals surface area contributed by atoms with Crippen molar-refractivity contribution < 1.29 is 0 Å². The van der Waals surface area contributed by atoms with Crippen molar-refractivity contribution in [3.8, 4) is 11.4 Å². The van der Waals surface area contributed by atoms with Crippen molar-refractivity contribution in [3.05, 3.63) is 30.1 Å². The Morgan fingerprint density at radius 3 is 2.23 bits per heavy atom. The summed E-state index contributed by atoms with van der Waals surface area (Å²) in [6.45, 7) is 3.82. The summed E-state index contributed by atoms with van der Waals surface area (Å²) in [5.74, 6) is 1.59. The summed E-state index contributed by atoms with van der Waals surface area (Å²) >= 11 is 0. The predicted octanol–water partition coefficient (Wildman–Crippen LogP) is 1.48. The third-order valence-corrected chi connectivity index (χ3v) is 1.76. The first-order chi connectivity index (χ1) is 6.25. The third-order valence-electron chi connectivity index (χ3n) is 1.76. The molecule has 0 atom stereocenters. The Bertz CT molecular complexity index is 402. The molecular formula is C9H10N4. The molecule has 0 aromatic carbocycles. The number of H-pyrrole nitrogens is 1. The second-order valence-electron chi connectivity index (χ2n) is 2.93. The van der Waals surface area contributed by atoms with Gasteiger partial charge in [-0.1, -0.05) is 0 Å². The number of imidazole rings is 1. The van der Waals surface area contributed by atoms with E-state index >= 15 is 0 Å². The van der Waals surface area contributed by atoms with Gasteiger partial charge in [0.05, 0.1) is 5.56 Å². The quantitative estimate of drug-likeness (QED) is 0.712. The molecule has 0 unspecified atom stereocenters. The molecule has 0 aliphatic rings. The van der Waals surface area contributed by atoms with E-state index in [1.54, 1.807) is 18.6 Å². The van der Waals surface area contributed by atoms with Gasteiger partial charge in [-0.25, -0.2) is 15.0 Å². The zero-order chi connectivity index (χ0) is 9.26. The van der Waals surface area contributed by atoms with Crippen LogP contribution in [-0.2, 0) is 0 Å². The van der Waals surface area contributed by atoms with E-state index in [2.05, 4.69) is 19.9 Å². The van der Waals surface area contributed by atoms with E-state index in [-0.39, 0.29) is 0 Å². The van der Waals surface area contributed by atoms with E-state index in [0.717, 1.165) is 22.9 Å². The highest BCUT2D eigenvalue weighted by Crippen LogP contribution is 2.12. The molecule has 0 aliphatic carbocycles. The van der Waals surface area contributed by atoms with E-state index in [1.807, 2.05) is 13.8 Å². The molecule has 0 spiro atoms. The summed E-state index contributed by atoms with van der Waals surface area (Å²) in [7, 11) is 0. The zero-order valence-electron chi connectivity index (χ0n) is 7.57. The van der Waals surface area contributed by atoms with Crippen molar-refractivity contribution in [3.63, 3.8) is 0 Å². The highest BCUT2D eigenvalue weighted by atomic mass is 14.9. The Balaban J connectivity index is 2.41. The topological polar surface area (TPSA) is 54.5 Å². The van der Waals surface area contributed by atoms with E-state index in [9.17, 15) is 0 Å². The van der Waals surface area contributed by atoms with Gasteiger partial charge in [0.15, 0.2) is 0 Å². The number of rotatable bonds is 1. The largest absolute Gasteiger partial charge is 0.342 e. The van der Waals surface area contributed by atoms with Crippen LogP contribution in [0.3, 0.4) is 0 Å². The van der Waals surface area contributed by atoms with Crippen molar-refractivity contribution in [2.75, 3.05) is 0 Å². The monoisotopic (exact) mass is 174 g/mol. The SMILES string of the molecule is Cc1ncc(-c2ncc(C)[nH]2)cn1. The lowest BCUT2D eigenvalue weighted by molar-refractivity contribution is 1.05. The Labute approximate surface area is 76.1 Å². The summed E-state index contributed by atoms with van der Waals surface area (Å²) in [5, 5.41) is 0. The number of nitrogens with zero attached hydrogens (tertiary/aromatic N) is 3. The standard InChI is InChI=1S/C9H10N4/c1-6-3-12-9(13-6)8-4-10-7(2)11-5-8/h3-5H,1-2H3,(H,12,13). The zero-order valence-corrected chi connectivity index (χ0v) is 7.57. The van der Waals surface area contributed by atoms with Crippen LogP contribution < -0.4 is 0 Å². The highest BCUT2D eigenvalue weighted by Gasteiger charge is 2.01. The van der Waals surface area contributed by atoms with Crippen LogP contribution in [0.2, 0.25) is 0 Å². The van der Waals surface area contributed by atoms with Gasteiger partial charge in [-0.3, -0.25) is 0 Å². The van der Waals surface area contributed by atoms with Crippen LogP contribution >= 0.6 is 0 Å². The molecule has 0 saturated heterocycles. The molecule has 2 aromatic rings. The average molecular weight is 174 g/mol. The predicted molar refractivity (Wildman–Crippen MR) is 49.1 cm³/mol. The summed E-state index contributed by atoms with van der Waals surface area (Å²) in [6, 6.07) is 0. The van der Waals surface area contributed by atoms with Crippen molar-refractivity contribution in [1.82, 2.24) is 19.9 Å². The van der Waals surface area contributed by atoms with Gasteiger partial charge in [-0.2, -0.15) is 0 Å². The van der Waals surface area contributed by atoms with Gasteiger partial charge >= 0.3 is 0 Å². The number of aromatic nitrogens is 4. The van der Waals surface area contributed by atoms with Crippen LogP contribution in [0.5, 0.6) is 0 Å². The van der Waals surface area contributed by atoms with Gasteiger partial charge < -0.3 is 4.98 Å². The molecule has 0 bridgehead atoms. The molecule has 0 saturated carbocycles. The summed E-state index contributed by atoms with van der Waals surface area (Å²) in [5.41, 5.74) is 1.95. The van der Waals surface area contributed by atoms with Gasteiger partial charge in [0.2, 0.25) is 0 Å². The van der Waals surface area contributed by atoms with Gasteiger partial charge in [-0.15, -0.1) is 0 Å². The summed E-state index contributed by atoms with van der Waals surface area (Å²) in [6.07, 6.45) is 5.32. The second kappa shape index (κ2) is 2.97. The van der Waals surface area contributed by atoms with Gasteiger partial charge in [0.1, 0.15) is 11.6 Å². The van der Waals surface area contributed by atoms with Crippen LogP contribution in [0.4, 0.5) is 0 Å². The smallest absolute Gasteiger partial charge is 0.140 e. The normalized spacial score (nSPS) is 10.3. The van der Waals surface area contributed by atoms with Crippen molar-refractivity contribution in [2.45, 2.75) is 13.8 Å². The van der Waals surface area contributed by atoms with E-state index < -0.39 is 0 Å². The van der Waals surface area contributed by atoms with Gasteiger partial charge in [-0.05, 0) is 13.8 Å². The summed E-state index contributed by atoms with van der Waals surface area (Å²) < 4.78 is 0. The fraction of sp³-hybridized carbons (Fsp3) is 0.222. The lowest BCUT2D eigenvalue weighted by atomic mass is 10.3. The molecule has 66 valence electrons. The number of hydrogen-bond donors (Lipinski definition) is 1. The molecule has 4 nitrogen and oxygen atoms in total. The van der Waals surface area contributed by atoms with Gasteiger partial charge in [0.25, 0.3) is 0 Å². The minimum absolute atomic E-state index is 0.770. The first-order valence-electron chi connectivity index (χ1n) is 4.06. The molecule has 1 N–H and O–H groups in total. The maximum Gasteiger partial charge on any atom is 0.140 e. The fourth-order valence-electron chi connectivity index (χ4n) is 1.07. The number of aryl methyl sites for hydroxylation is 2. The molecule has 0 aliphatic heterocycles. The van der Waals surface area contributed by atoms with Crippen LogP contribution in [0.25, 0.3) is 11.4 Å². The lowest BCUT2D eigenvalue weighted by Gasteiger charge is -1.95. The number of hydrogen-bond acceptors (Lipinski definition) is 3. The van der Waals surface area contributed by atoms with Crippen molar-refractivity contribution in [2.24, 2.45) is 0 Å². The lowest BCUT2D eigenvalue weighted by Crippen LogP contribution is -1.88. The minimum atomic E-state index is 0.770. The van der Waals surface area contributed by atoms with Gasteiger partial charge in [0, 0.05) is 24.3 Å². The molecular weight excluding hydrogens is 164 g/mol. The number of nitrogens with one attached hydrogen (secondary N) is 1. The Morgan fingerprint density at radius 1 is 1.00 bits per heavy atom.